The molecule has 0 aliphatic carbocycles. The normalized spacial score (nSPS) is 17.6. The Morgan fingerprint density at radius 2 is 1.76 bits per heavy atom. The number of imidazole rings is 1. The van der Waals surface area contributed by atoms with Gasteiger partial charge in [0.2, 0.25) is 0 Å². The van der Waals surface area contributed by atoms with Crippen LogP contribution in [0.4, 0.5) is 0 Å². The lowest BCUT2D eigenvalue weighted by molar-refractivity contribution is 0.145. The van der Waals surface area contributed by atoms with E-state index in [0.29, 0.717) is 12.2 Å². The van der Waals surface area contributed by atoms with Crippen LogP contribution in [0.1, 0.15) is 11.6 Å². The highest BCUT2D eigenvalue weighted by Gasteiger charge is 2.29. The van der Waals surface area contributed by atoms with E-state index in [1.165, 1.54) is 4.40 Å². The second-order valence-electron chi connectivity index (χ2n) is 7.33. The van der Waals surface area contributed by atoms with E-state index in [1.54, 1.807) is 24.4 Å². The Kier molecular flexibility index (Phi) is 5.89. The molecule has 0 amide bonds. The minimum absolute atomic E-state index is 0.0323. The van der Waals surface area contributed by atoms with Gasteiger partial charge in [-0.3, -0.25) is 9.30 Å². The molecule has 0 bridgehead atoms. The van der Waals surface area contributed by atoms with Gasteiger partial charge in [0.1, 0.15) is 5.65 Å². The lowest BCUT2D eigenvalue weighted by Gasteiger charge is -2.34. The Morgan fingerprint density at radius 3 is 2.48 bits per heavy atom. The third kappa shape index (κ3) is 4.46. The van der Waals surface area contributed by atoms with Crippen LogP contribution in [0.15, 0.2) is 59.8 Å². The van der Waals surface area contributed by atoms with Gasteiger partial charge in [-0.15, -0.1) is 0 Å². The number of pyridine rings is 1. The number of nitrogens with one attached hydrogen (secondary N) is 1. The van der Waals surface area contributed by atoms with E-state index in [0.717, 1.165) is 31.7 Å². The number of nitrogens with zero attached hydrogens (tertiary/aromatic N) is 4. The molecule has 154 valence electrons. The van der Waals surface area contributed by atoms with Gasteiger partial charge >= 0.3 is 0 Å². The highest BCUT2D eigenvalue weighted by molar-refractivity contribution is 7.89. The summed E-state index contributed by atoms with van der Waals surface area (Å²) >= 11 is 6.22. The number of piperazine rings is 1. The molecular formula is C20H24ClN5O2S. The van der Waals surface area contributed by atoms with Gasteiger partial charge in [-0.25, -0.2) is 18.1 Å². The Balaban J connectivity index is 1.65. The number of likely N-dealkylation sites (N-methyl/N-ethyl adjacent to an activating group) is 1. The summed E-state index contributed by atoms with van der Waals surface area (Å²) in [6.07, 6.45) is 1.65. The standard InChI is InChI=1S/C20H24ClN5O2S/c1-24-11-13-25(14-12-24)15-17(16-7-3-2-4-8-16)23-29(27,28)20-19(21)22-18-9-5-6-10-26(18)20/h2-10,17,23H,11-15H2,1H3. The van der Waals surface area contributed by atoms with Crippen molar-refractivity contribution in [2.75, 3.05) is 39.8 Å². The summed E-state index contributed by atoms with van der Waals surface area (Å²) < 4.78 is 31.0. The van der Waals surface area contributed by atoms with E-state index >= 15 is 0 Å². The van der Waals surface area contributed by atoms with Crippen molar-refractivity contribution in [2.45, 2.75) is 11.1 Å². The minimum atomic E-state index is -3.90. The Morgan fingerprint density at radius 1 is 1.07 bits per heavy atom. The fourth-order valence-corrected chi connectivity index (χ4v) is 5.47. The Hall–Kier alpha value is -1.97. The third-order valence-electron chi connectivity index (χ3n) is 5.24. The van der Waals surface area contributed by atoms with E-state index < -0.39 is 16.1 Å². The predicted molar refractivity (Wildman–Crippen MR) is 114 cm³/mol. The molecular weight excluding hydrogens is 410 g/mol. The molecule has 1 atom stereocenters. The highest BCUT2D eigenvalue weighted by Crippen LogP contribution is 2.25. The molecule has 1 aromatic carbocycles. The molecule has 0 saturated carbocycles. The number of halogens is 1. The van der Waals surface area contributed by atoms with Crippen molar-refractivity contribution in [3.05, 3.63) is 65.4 Å². The largest absolute Gasteiger partial charge is 0.304 e. The second kappa shape index (κ2) is 8.41. The first-order chi connectivity index (χ1) is 13.9. The molecule has 0 radical (unpaired) electrons. The maximum atomic E-state index is 13.3. The number of hydrogen-bond acceptors (Lipinski definition) is 5. The minimum Gasteiger partial charge on any atom is -0.304 e. The van der Waals surface area contributed by atoms with Crippen LogP contribution in [0.5, 0.6) is 0 Å². The van der Waals surface area contributed by atoms with Crippen molar-refractivity contribution < 1.29 is 8.42 Å². The Bertz CT molecular complexity index is 1080. The number of rotatable bonds is 6. The third-order valence-corrected chi connectivity index (χ3v) is 7.11. The molecule has 1 N–H and O–H groups in total. The van der Waals surface area contributed by atoms with Crippen LogP contribution in [-0.4, -0.2) is 67.4 Å². The van der Waals surface area contributed by atoms with Crippen molar-refractivity contribution in [2.24, 2.45) is 0 Å². The van der Waals surface area contributed by atoms with Gasteiger partial charge in [-0.2, -0.15) is 0 Å². The van der Waals surface area contributed by atoms with E-state index in [2.05, 4.69) is 26.6 Å². The van der Waals surface area contributed by atoms with Crippen LogP contribution in [0.25, 0.3) is 5.65 Å². The monoisotopic (exact) mass is 433 g/mol. The molecule has 29 heavy (non-hydrogen) atoms. The van der Waals surface area contributed by atoms with E-state index in [9.17, 15) is 8.42 Å². The quantitative estimate of drug-likeness (QED) is 0.645. The zero-order valence-electron chi connectivity index (χ0n) is 16.2. The molecule has 4 rings (SSSR count). The molecule has 1 fully saturated rings. The van der Waals surface area contributed by atoms with Gasteiger partial charge in [0.15, 0.2) is 10.2 Å². The molecule has 1 aliphatic rings. The molecule has 1 aliphatic heterocycles. The molecule has 3 aromatic rings. The molecule has 9 heteroatoms. The summed E-state index contributed by atoms with van der Waals surface area (Å²) in [4.78, 5) is 8.74. The number of fused-ring (bicyclic) bond motifs is 1. The van der Waals surface area contributed by atoms with E-state index in [-0.39, 0.29) is 10.2 Å². The number of aromatic nitrogens is 2. The summed E-state index contributed by atoms with van der Waals surface area (Å²) in [5.74, 6) is 0. The summed E-state index contributed by atoms with van der Waals surface area (Å²) in [6, 6.07) is 14.5. The molecule has 7 nitrogen and oxygen atoms in total. The lowest BCUT2D eigenvalue weighted by Crippen LogP contribution is -2.47. The maximum absolute atomic E-state index is 13.3. The van der Waals surface area contributed by atoms with Crippen LogP contribution in [0, 0.1) is 0 Å². The van der Waals surface area contributed by atoms with Gasteiger partial charge in [-0.1, -0.05) is 48.0 Å². The van der Waals surface area contributed by atoms with E-state index in [4.69, 9.17) is 11.6 Å². The summed E-state index contributed by atoms with van der Waals surface area (Å²) in [7, 11) is -1.80. The highest BCUT2D eigenvalue weighted by atomic mass is 35.5. The SMILES string of the molecule is CN1CCN(CC(NS(=O)(=O)c2c(Cl)nc3ccccn23)c2ccccc2)CC1. The smallest absolute Gasteiger partial charge is 0.260 e. The maximum Gasteiger partial charge on any atom is 0.260 e. The predicted octanol–water partition coefficient (Wildman–Crippen LogP) is 2.25. The summed E-state index contributed by atoms with van der Waals surface area (Å²) in [5.41, 5.74) is 1.41. The van der Waals surface area contributed by atoms with Crippen molar-refractivity contribution in [1.82, 2.24) is 23.9 Å². The Labute approximate surface area is 176 Å². The van der Waals surface area contributed by atoms with Crippen LogP contribution >= 0.6 is 11.6 Å². The van der Waals surface area contributed by atoms with Gasteiger partial charge in [0, 0.05) is 38.9 Å². The topological polar surface area (TPSA) is 69.9 Å². The van der Waals surface area contributed by atoms with Gasteiger partial charge in [0.05, 0.1) is 6.04 Å². The second-order valence-corrected chi connectivity index (χ2v) is 9.31. The van der Waals surface area contributed by atoms with Gasteiger partial charge < -0.3 is 4.90 Å². The first-order valence-electron chi connectivity index (χ1n) is 9.55. The van der Waals surface area contributed by atoms with Crippen molar-refractivity contribution in [3.8, 4) is 0 Å². The number of sulfonamides is 1. The fraction of sp³-hybridized carbons (Fsp3) is 0.350. The number of hydrogen-bond donors (Lipinski definition) is 1. The summed E-state index contributed by atoms with van der Waals surface area (Å²) in [5, 5.41) is -0.0656. The van der Waals surface area contributed by atoms with Crippen LogP contribution in [0.2, 0.25) is 5.15 Å². The fourth-order valence-electron chi connectivity index (χ4n) is 3.61. The average molecular weight is 434 g/mol. The van der Waals surface area contributed by atoms with Gasteiger partial charge in [-0.05, 0) is 24.7 Å². The van der Waals surface area contributed by atoms with Crippen LogP contribution in [0.3, 0.4) is 0 Å². The molecule has 1 unspecified atom stereocenters. The van der Waals surface area contributed by atoms with E-state index in [1.807, 2.05) is 30.3 Å². The zero-order chi connectivity index (χ0) is 20.4. The molecule has 3 heterocycles. The van der Waals surface area contributed by atoms with Crippen LogP contribution < -0.4 is 4.72 Å². The van der Waals surface area contributed by atoms with Crippen molar-refractivity contribution in [3.63, 3.8) is 0 Å². The zero-order valence-corrected chi connectivity index (χ0v) is 17.8. The van der Waals surface area contributed by atoms with Crippen molar-refractivity contribution >= 4 is 27.3 Å². The molecule has 2 aromatic heterocycles. The molecule has 1 saturated heterocycles. The lowest BCUT2D eigenvalue weighted by atomic mass is 10.1. The average Bonchev–Trinajstić information content (AvgIpc) is 3.06. The summed E-state index contributed by atoms with van der Waals surface area (Å²) in [6.45, 7) is 4.32. The first-order valence-corrected chi connectivity index (χ1v) is 11.4. The molecule has 0 spiro atoms. The van der Waals surface area contributed by atoms with Crippen molar-refractivity contribution in [1.29, 1.82) is 0 Å². The number of benzene rings is 1. The van der Waals surface area contributed by atoms with Gasteiger partial charge in [0.25, 0.3) is 10.0 Å². The first kappa shape index (κ1) is 20.3. The van der Waals surface area contributed by atoms with Crippen LogP contribution in [-0.2, 0) is 10.0 Å².